The van der Waals surface area contributed by atoms with Crippen LogP contribution in [0.15, 0.2) is 61.4 Å². The lowest BCUT2D eigenvalue weighted by Gasteiger charge is -2.22. The van der Waals surface area contributed by atoms with E-state index in [0.717, 1.165) is 54.1 Å². The summed E-state index contributed by atoms with van der Waals surface area (Å²) in [4.78, 5) is 24.9. The van der Waals surface area contributed by atoms with Gasteiger partial charge in [0.25, 0.3) is 0 Å². The largest absolute Gasteiger partial charge is 0.356 e. The van der Waals surface area contributed by atoms with Gasteiger partial charge in [-0.2, -0.15) is 0 Å². The van der Waals surface area contributed by atoms with Crippen LogP contribution in [0.25, 0.3) is 11.4 Å². The standard InChI is InChI=1S/C27H30ClN5O/c1-5-7-20(6-2)8-9-21-12-23(14-25(28)13-21)26-30-16-24(15-29-19-34)27(31-26)33-11-10-22(18-33)17-32(3)4/h5-7,12-14,16,19,22H,1-2,10-11,15,17-18H2,3-4H3,(H,29,34)/b20-7+. The number of carbonyl (C=O) groups excluding carboxylic acids is 1. The molecule has 0 bridgehead atoms. The summed E-state index contributed by atoms with van der Waals surface area (Å²) < 4.78 is 0. The predicted octanol–water partition coefficient (Wildman–Crippen LogP) is 4.08. The number of benzene rings is 1. The molecule has 7 heteroatoms. The lowest BCUT2D eigenvalue weighted by Crippen LogP contribution is -2.27. The maximum atomic E-state index is 10.9. The molecule has 3 rings (SSSR count). The molecular formula is C27H30ClN5O. The van der Waals surface area contributed by atoms with Crippen molar-refractivity contribution >= 4 is 23.8 Å². The van der Waals surface area contributed by atoms with Gasteiger partial charge in [0.05, 0.1) is 0 Å². The Kier molecular flexibility index (Phi) is 9.03. The molecule has 0 saturated carbocycles. The van der Waals surface area contributed by atoms with Gasteiger partial charge in [0.2, 0.25) is 6.41 Å². The topological polar surface area (TPSA) is 61.4 Å². The Morgan fingerprint density at radius 2 is 2.18 bits per heavy atom. The maximum absolute atomic E-state index is 10.9. The fraction of sp³-hybridized carbons (Fsp3) is 0.296. The number of nitrogens with zero attached hydrogens (tertiary/aromatic N) is 4. The van der Waals surface area contributed by atoms with E-state index >= 15 is 0 Å². The third kappa shape index (κ3) is 6.80. The second-order valence-electron chi connectivity index (χ2n) is 8.44. The molecule has 1 fully saturated rings. The molecule has 0 spiro atoms. The van der Waals surface area contributed by atoms with Gasteiger partial charge in [-0.25, -0.2) is 9.97 Å². The lowest BCUT2D eigenvalue weighted by atomic mass is 10.1. The summed E-state index contributed by atoms with van der Waals surface area (Å²) in [6.45, 7) is 10.7. The van der Waals surface area contributed by atoms with E-state index in [0.29, 0.717) is 29.7 Å². The Balaban J connectivity index is 1.96. The third-order valence-corrected chi connectivity index (χ3v) is 5.67. The normalized spacial score (nSPS) is 15.6. The second-order valence-corrected chi connectivity index (χ2v) is 8.88. The molecule has 0 aliphatic carbocycles. The van der Waals surface area contributed by atoms with Crippen molar-refractivity contribution in [3.8, 4) is 23.2 Å². The molecule has 1 saturated heterocycles. The number of aromatic nitrogens is 2. The van der Waals surface area contributed by atoms with Crippen molar-refractivity contribution < 1.29 is 4.79 Å². The second kappa shape index (κ2) is 12.2. The van der Waals surface area contributed by atoms with Gasteiger partial charge in [-0.15, -0.1) is 0 Å². The number of rotatable bonds is 9. The molecule has 1 atom stereocenters. The van der Waals surface area contributed by atoms with Crippen molar-refractivity contribution in [2.24, 2.45) is 5.92 Å². The van der Waals surface area contributed by atoms with Gasteiger partial charge >= 0.3 is 0 Å². The summed E-state index contributed by atoms with van der Waals surface area (Å²) in [5, 5.41) is 3.29. The van der Waals surface area contributed by atoms with Crippen molar-refractivity contribution in [3.05, 3.63) is 77.5 Å². The van der Waals surface area contributed by atoms with Crippen LogP contribution in [0.2, 0.25) is 5.02 Å². The van der Waals surface area contributed by atoms with Gasteiger partial charge in [-0.05, 0) is 50.7 Å². The van der Waals surface area contributed by atoms with E-state index in [9.17, 15) is 4.79 Å². The number of amides is 1. The number of hydrogen-bond acceptors (Lipinski definition) is 5. The minimum Gasteiger partial charge on any atom is -0.356 e. The Morgan fingerprint density at radius 1 is 1.35 bits per heavy atom. The third-order valence-electron chi connectivity index (χ3n) is 5.45. The lowest BCUT2D eigenvalue weighted by molar-refractivity contribution is -0.109. The number of allylic oxidation sites excluding steroid dienone is 4. The number of halogens is 1. The molecule has 0 radical (unpaired) electrons. The molecule has 1 aromatic heterocycles. The van der Waals surface area contributed by atoms with Crippen LogP contribution in [0, 0.1) is 17.8 Å². The highest BCUT2D eigenvalue weighted by Crippen LogP contribution is 2.29. The fourth-order valence-electron chi connectivity index (χ4n) is 4.00. The van der Waals surface area contributed by atoms with E-state index in [-0.39, 0.29) is 0 Å². The highest BCUT2D eigenvalue weighted by molar-refractivity contribution is 6.31. The molecule has 34 heavy (non-hydrogen) atoms. The van der Waals surface area contributed by atoms with Crippen molar-refractivity contribution in [3.63, 3.8) is 0 Å². The summed E-state index contributed by atoms with van der Waals surface area (Å²) in [5.41, 5.74) is 3.19. The van der Waals surface area contributed by atoms with E-state index in [1.807, 2.05) is 18.2 Å². The molecule has 6 nitrogen and oxygen atoms in total. The van der Waals surface area contributed by atoms with Gasteiger partial charge in [-0.3, -0.25) is 4.79 Å². The Bertz CT molecular complexity index is 1150. The van der Waals surface area contributed by atoms with Gasteiger partial charge in [0.1, 0.15) is 5.82 Å². The summed E-state index contributed by atoms with van der Waals surface area (Å²) >= 11 is 6.41. The average molecular weight is 476 g/mol. The number of anilines is 1. The van der Waals surface area contributed by atoms with Crippen molar-refractivity contribution in [2.45, 2.75) is 13.0 Å². The van der Waals surface area contributed by atoms with Crippen LogP contribution in [-0.4, -0.2) is 55.0 Å². The molecule has 1 aliphatic rings. The Hall–Kier alpha value is -3.40. The first-order valence-electron chi connectivity index (χ1n) is 11.1. The van der Waals surface area contributed by atoms with E-state index in [1.165, 1.54) is 0 Å². The molecule has 1 amide bonds. The molecule has 1 aromatic carbocycles. The monoisotopic (exact) mass is 475 g/mol. The Labute approximate surface area is 207 Å². The first-order chi connectivity index (χ1) is 16.4. The van der Waals surface area contributed by atoms with Crippen molar-refractivity contribution in [2.75, 3.05) is 38.6 Å². The van der Waals surface area contributed by atoms with Crippen LogP contribution < -0.4 is 10.2 Å². The minimum atomic E-state index is 0.375. The first kappa shape index (κ1) is 25.2. The molecule has 2 aromatic rings. The van der Waals surface area contributed by atoms with Crippen molar-refractivity contribution in [1.82, 2.24) is 20.2 Å². The zero-order valence-corrected chi connectivity index (χ0v) is 20.5. The number of carbonyl (C=O) groups is 1. The van der Waals surface area contributed by atoms with E-state index in [2.05, 4.69) is 59.2 Å². The SMILES string of the molecule is C=C/C=C(/C#Cc1cc(Cl)cc(-c2ncc(CNC=O)c(N3CCC(CN(C)C)C3)n2)c1)C=C. The predicted molar refractivity (Wildman–Crippen MR) is 140 cm³/mol. The van der Waals surface area contributed by atoms with Crippen LogP contribution in [0.5, 0.6) is 0 Å². The van der Waals surface area contributed by atoms with E-state index in [1.54, 1.807) is 24.4 Å². The van der Waals surface area contributed by atoms with Crippen molar-refractivity contribution in [1.29, 1.82) is 0 Å². The molecule has 2 heterocycles. The quantitative estimate of drug-likeness (QED) is 0.336. The number of hydrogen-bond donors (Lipinski definition) is 1. The van der Waals surface area contributed by atoms with E-state index < -0.39 is 0 Å². The maximum Gasteiger partial charge on any atom is 0.207 e. The average Bonchev–Trinajstić information content (AvgIpc) is 3.27. The highest BCUT2D eigenvalue weighted by atomic mass is 35.5. The summed E-state index contributed by atoms with van der Waals surface area (Å²) in [6.07, 6.45) is 8.72. The summed E-state index contributed by atoms with van der Waals surface area (Å²) in [5.74, 6) is 8.17. The molecular weight excluding hydrogens is 446 g/mol. The van der Waals surface area contributed by atoms with Crippen LogP contribution >= 0.6 is 11.6 Å². The molecule has 1 N–H and O–H groups in total. The fourth-order valence-corrected chi connectivity index (χ4v) is 4.24. The molecule has 1 unspecified atom stereocenters. The zero-order valence-electron chi connectivity index (χ0n) is 19.7. The van der Waals surface area contributed by atoms with Gasteiger partial charge < -0.3 is 15.1 Å². The van der Waals surface area contributed by atoms with E-state index in [4.69, 9.17) is 16.6 Å². The number of nitrogens with one attached hydrogen (secondary N) is 1. The first-order valence-corrected chi connectivity index (χ1v) is 11.5. The Morgan fingerprint density at radius 3 is 2.88 bits per heavy atom. The van der Waals surface area contributed by atoms with Gasteiger partial charge in [0, 0.05) is 59.7 Å². The van der Waals surface area contributed by atoms with Crippen LogP contribution in [-0.2, 0) is 11.3 Å². The minimum absolute atomic E-state index is 0.375. The molecule has 1 aliphatic heterocycles. The zero-order chi connectivity index (χ0) is 24.5. The van der Waals surface area contributed by atoms with Crippen LogP contribution in [0.4, 0.5) is 5.82 Å². The van der Waals surface area contributed by atoms with Gasteiger partial charge in [-0.1, -0.05) is 48.8 Å². The van der Waals surface area contributed by atoms with Crippen LogP contribution in [0.1, 0.15) is 17.5 Å². The highest BCUT2D eigenvalue weighted by Gasteiger charge is 2.26. The summed E-state index contributed by atoms with van der Waals surface area (Å²) in [7, 11) is 4.19. The summed E-state index contributed by atoms with van der Waals surface area (Å²) in [6, 6.07) is 5.57. The van der Waals surface area contributed by atoms with Gasteiger partial charge in [0.15, 0.2) is 5.82 Å². The molecule has 176 valence electrons. The smallest absolute Gasteiger partial charge is 0.207 e. The van der Waals surface area contributed by atoms with Crippen LogP contribution in [0.3, 0.4) is 0 Å².